The molecule has 21 heavy (non-hydrogen) atoms. The van der Waals surface area contributed by atoms with Gasteiger partial charge in [0.25, 0.3) is 0 Å². The van der Waals surface area contributed by atoms with Crippen LogP contribution in [0.2, 0.25) is 5.15 Å². The molecule has 0 fully saturated rings. The van der Waals surface area contributed by atoms with E-state index in [9.17, 15) is 0 Å². The van der Waals surface area contributed by atoms with Gasteiger partial charge in [-0.15, -0.1) is 0 Å². The molecule has 0 amide bonds. The minimum absolute atomic E-state index is 0.484. The molecule has 1 aromatic heterocycles. The summed E-state index contributed by atoms with van der Waals surface area (Å²) < 4.78 is 0.909. The molecule has 0 aliphatic rings. The number of rotatable bonds is 6. The monoisotopic (exact) mass is 367 g/mol. The smallest absolute Gasteiger partial charge is 0.152 e. The Bertz CT molecular complexity index is 583. The fourth-order valence-electron chi connectivity index (χ4n) is 2.16. The highest BCUT2D eigenvalue weighted by atomic mass is 79.9. The number of pyridine rings is 1. The van der Waals surface area contributed by atoms with E-state index in [1.807, 2.05) is 6.07 Å². The van der Waals surface area contributed by atoms with Crippen LogP contribution >= 0.6 is 27.5 Å². The highest BCUT2D eigenvalue weighted by Crippen LogP contribution is 2.24. The second-order valence-electron chi connectivity index (χ2n) is 4.68. The predicted octanol–water partition coefficient (Wildman–Crippen LogP) is 4.96. The zero-order valence-electron chi connectivity index (χ0n) is 12.2. The highest BCUT2D eigenvalue weighted by molar-refractivity contribution is 9.10. The zero-order valence-corrected chi connectivity index (χ0v) is 14.6. The molecule has 0 saturated carbocycles. The van der Waals surface area contributed by atoms with Crippen molar-refractivity contribution in [3.8, 4) is 0 Å². The van der Waals surface area contributed by atoms with Crippen molar-refractivity contribution in [1.29, 1.82) is 0 Å². The second kappa shape index (κ2) is 7.66. The lowest BCUT2D eigenvalue weighted by molar-refractivity contribution is 0.865. The van der Waals surface area contributed by atoms with E-state index in [1.54, 1.807) is 6.20 Å². The van der Waals surface area contributed by atoms with E-state index in [-0.39, 0.29) is 0 Å². The van der Waals surface area contributed by atoms with Gasteiger partial charge in [0.2, 0.25) is 0 Å². The molecule has 0 bridgehead atoms. The van der Waals surface area contributed by atoms with E-state index >= 15 is 0 Å². The molecule has 0 radical (unpaired) electrons. The topological polar surface area (TPSA) is 28.2 Å². The summed E-state index contributed by atoms with van der Waals surface area (Å²) in [7, 11) is 0. The van der Waals surface area contributed by atoms with Gasteiger partial charge in [0.15, 0.2) is 5.15 Å². The third-order valence-corrected chi connectivity index (χ3v) is 4.09. The normalized spacial score (nSPS) is 10.5. The number of nitrogens with zero attached hydrogens (tertiary/aromatic N) is 2. The summed E-state index contributed by atoms with van der Waals surface area (Å²) in [6.45, 7) is 7.10. The van der Waals surface area contributed by atoms with Gasteiger partial charge < -0.3 is 10.2 Å². The van der Waals surface area contributed by atoms with Gasteiger partial charge >= 0.3 is 0 Å². The summed E-state index contributed by atoms with van der Waals surface area (Å²) >= 11 is 9.46. The fraction of sp³-hybridized carbons (Fsp3) is 0.312. The largest absolute Gasteiger partial charge is 0.378 e. The van der Waals surface area contributed by atoms with E-state index < -0.39 is 0 Å². The molecule has 112 valence electrons. The van der Waals surface area contributed by atoms with Crippen molar-refractivity contribution in [3.63, 3.8) is 0 Å². The summed E-state index contributed by atoms with van der Waals surface area (Å²) in [6, 6.07) is 10.5. The molecule has 0 aliphatic carbocycles. The van der Waals surface area contributed by atoms with Crippen molar-refractivity contribution in [2.75, 3.05) is 23.3 Å². The van der Waals surface area contributed by atoms with Gasteiger partial charge in [-0.2, -0.15) is 0 Å². The van der Waals surface area contributed by atoms with Gasteiger partial charge in [0, 0.05) is 36.0 Å². The number of aromatic nitrogens is 1. The molecule has 3 nitrogen and oxygen atoms in total. The second-order valence-corrected chi connectivity index (χ2v) is 5.96. The summed E-state index contributed by atoms with van der Waals surface area (Å²) in [6.07, 6.45) is 1.69. The van der Waals surface area contributed by atoms with Crippen LogP contribution in [-0.4, -0.2) is 18.1 Å². The Balaban J connectivity index is 2.02. The maximum absolute atomic E-state index is 6.07. The van der Waals surface area contributed by atoms with Crippen molar-refractivity contribution in [2.45, 2.75) is 20.4 Å². The molecule has 1 aromatic carbocycles. The van der Waals surface area contributed by atoms with Gasteiger partial charge in [-0.1, -0.05) is 23.7 Å². The lowest BCUT2D eigenvalue weighted by Gasteiger charge is -2.21. The molecule has 2 aromatic rings. The van der Waals surface area contributed by atoms with Gasteiger partial charge in [0.05, 0.1) is 5.69 Å². The zero-order chi connectivity index (χ0) is 15.2. The average molecular weight is 369 g/mol. The third-order valence-electron chi connectivity index (χ3n) is 3.35. The van der Waals surface area contributed by atoms with Gasteiger partial charge in [-0.25, -0.2) is 4.98 Å². The van der Waals surface area contributed by atoms with E-state index in [2.05, 4.69) is 69.2 Å². The number of halogens is 2. The first kappa shape index (κ1) is 16.1. The molecule has 0 aliphatic heterocycles. The predicted molar refractivity (Wildman–Crippen MR) is 94.3 cm³/mol. The molecule has 5 heteroatoms. The maximum Gasteiger partial charge on any atom is 0.152 e. The number of nitrogens with one attached hydrogen (secondary N) is 1. The standard InChI is InChI=1S/C16H19BrClN3/c1-3-21(4-2)14-7-5-12(6-8-14)10-19-15-9-13(17)11-20-16(15)18/h5-9,11,19H,3-4,10H2,1-2H3. The van der Waals surface area contributed by atoms with Crippen molar-refractivity contribution < 1.29 is 0 Å². The van der Waals surface area contributed by atoms with Crippen LogP contribution in [0, 0.1) is 0 Å². The molecule has 0 saturated heterocycles. The average Bonchev–Trinajstić information content (AvgIpc) is 2.51. The SMILES string of the molecule is CCN(CC)c1ccc(CNc2cc(Br)cnc2Cl)cc1. The van der Waals surface area contributed by atoms with Crippen molar-refractivity contribution in [3.05, 3.63) is 51.7 Å². The minimum atomic E-state index is 0.484. The number of benzene rings is 1. The Morgan fingerprint density at radius 2 is 1.86 bits per heavy atom. The van der Waals surface area contributed by atoms with E-state index in [0.717, 1.165) is 29.8 Å². The number of hydrogen-bond donors (Lipinski definition) is 1. The van der Waals surface area contributed by atoms with Crippen LogP contribution in [0.5, 0.6) is 0 Å². The van der Waals surface area contributed by atoms with Gasteiger partial charge in [-0.3, -0.25) is 0 Å². The number of anilines is 2. The molecule has 0 spiro atoms. The summed E-state index contributed by atoms with van der Waals surface area (Å²) in [5, 5.41) is 3.79. The lowest BCUT2D eigenvalue weighted by atomic mass is 10.2. The molecule has 0 unspecified atom stereocenters. The van der Waals surface area contributed by atoms with E-state index in [4.69, 9.17) is 11.6 Å². The molecular formula is C16H19BrClN3. The molecule has 1 heterocycles. The summed E-state index contributed by atoms with van der Waals surface area (Å²) in [5.74, 6) is 0. The van der Waals surface area contributed by atoms with Crippen molar-refractivity contribution >= 4 is 38.9 Å². The Labute approximate surface area is 139 Å². The minimum Gasteiger partial charge on any atom is -0.378 e. The Hall–Kier alpha value is -1.26. The first-order valence-corrected chi connectivity index (χ1v) is 8.20. The fourth-order valence-corrected chi connectivity index (χ4v) is 2.66. The van der Waals surface area contributed by atoms with Crippen molar-refractivity contribution in [1.82, 2.24) is 4.98 Å². The van der Waals surface area contributed by atoms with E-state index in [0.29, 0.717) is 5.15 Å². The Morgan fingerprint density at radius 3 is 2.48 bits per heavy atom. The van der Waals surface area contributed by atoms with E-state index in [1.165, 1.54) is 11.3 Å². The van der Waals surface area contributed by atoms with Crippen LogP contribution in [-0.2, 0) is 6.54 Å². The summed E-state index contributed by atoms with van der Waals surface area (Å²) in [4.78, 5) is 6.43. The van der Waals surface area contributed by atoms with Crippen LogP contribution in [0.3, 0.4) is 0 Å². The van der Waals surface area contributed by atoms with Gasteiger partial charge in [0.1, 0.15) is 0 Å². The Morgan fingerprint density at radius 1 is 1.19 bits per heavy atom. The first-order valence-electron chi connectivity index (χ1n) is 7.02. The molecular weight excluding hydrogens is 350 g/mol. The molecule has 2 rings (SSSR count). The first-order chi connectivity index (χ1) is 10.1. The quantitative estimate of drug-likeness (QED) is 0.731. The van der Waals surface area contributed by atoms with Crippen LogP contribution in [0.15, 0.2) is 41.0 Å². The number of hydrogen-bond acceptors (Lipinski definition) is 3. The van der Waals surface area contributed by atoms with Crippen LogP contribution < -0.4 is 10.2 Å². The lowest BCUT2D eigenvalue weighted by Crippen LogP contribution is -2.21. The Kier molecular flexibility index (Phi) is 5.88. The highest BCUT2D eigenvalue weighted by Gasteiger charge is 2.04. The van der Waals surface area contributed by atoms with Crippen LogP contribution in [0.1, 0.15) is 19.4 Å². The summed E-state index contributed by atoms with van der Waals surface area (Å²) in [5.41, 5.74) is 3.30. The van der Waals surface area contributed by atoms with Crippen molar-refractivity contribution in [2.24, 2.45) is 0 Å². The molecule has 0 atom stereocenters. The van der Waals surface area contributed by atoms with Crippen LogP contribution in [0.25, 0.3) is 0 Å². The third kappa shape index (κ3) is 4.35. The van der Waals surface area contributed by atoms with Crippen LogP contribution in [0.4, 0.5) is 11.4 Å². The maximum atomic E-state index is 6.07. The van der Waals surface area contributed by atoms with Gasteiger partial charge in [-0.05, 0) is 53.5 Å². The molecule has 1 N–H and O–H groups in total.